The van der Waals surface area contributed by atoms with Crippen molar-refractivity contribution >= 4 is 11.8 Å². The molecule has 1 saturated heterocycles. The molecule has 1 fully saturated rings. The summed E-state index contributed by atoms with van der Waals surface area (Å²) in [5.41, 5.74) is 0.665. The SMILES string of the molecule is Cc1cc(CC(=O)N2CCN(C(=O)CCC(C)C)CC2)no1. The fourth-order valence-electron chi connectivity index (χ4n) is 2.54. The monoisotopic (exact) mass is 307 g/mol. The van der Waals surface area contributed by atoms with Gasteiger partial charge >= 0.3 is 0 Å². The zero-order valence-electron chi connectivity index (χ0n) is 13.7. The van der Waals surface area contributed by atoms with Gasteiger partial charge in [0.1, 0.15) is 5.76 Å². The second kappa shape index (κ2) is 7.42. The normalized spacial score (nSPS) is 15.5. The van der Waals surface area contributed by atoms with Crippen LogP contribution < -0.4 is 0 Å². The number of piperazine rings is 1. The predicted octanol–water partition coefficient (Wildman–Crippen LogP) is 1.63. The number of amides is 2. The molecule has 6 nitrogen and oxygen atoms in total. The smallest absolute Gasteiger partial charge is 0.228 e. The molecule has 22 heavy (non-hydrogen) atoms. The van der Waals surface area contributed by atoms with Crippen LogP contribution in [0, 0.1) is 12.8 Å². The Morgan fingerprint density at radius 3 is 2.27 bits per heavy atom. The second-order valence-electron chi connectivity index (χ2n) is 6.30. The highest BCUT2D eigenvalue weighted by Crippen LogP contribution is 2.11. The molecular weight excluding hydrogens is 282 g/mol. The Morgan fingerprint density at radius 2 is 1.77 bits per heavy atom. The minimum absolute atomic E-state index is 0.0441. The van der Waals surface area contributed by atoms with E-state index < -0.39 is 0 Å². The Kier molecular flexibility index (Phi) is 5.57. The van der Waals surface area contributed by atoms with Crippen LogP contribution in [-0.2, 0) is 16.0 Å². The van der Waals surface area contributed by atoms with Gasteiger partial charge in [0.25, 0.3) is 0 Å². The molecule has 2 rings (SSSR count). The molecule has 0 spiro atoms. The van der Waals surface area contributed by atoms with Crippen LogP contribution in [0.2, 0.25) is 0 Å². The van der Waals surface area contributed by atoms with Gasteiger partial charge in [0.2, 0.25) is 11.8 Å². The third kappa shape index (κ3) is 4.58. The molecule has 2 amide bonds. The van der Waals surface area contributed by atoms with Gasteiger partial charge in [-0.2, -0.15) is 0 Å². The van der Waals surface area contributed by atoms with Gasteiger partial charge in [-0.3, -0.25) is 9.59 Å². The first-order valence-electron chi connectivity index (χ1n) is 7.93. The predicted molar refractivity (Wildman–Crippen MR) is 82.2 cm³/mol. The van der Waals surface area contributed by atoms with Crippen LogP contribution in [0.25, 0.3) is 0 Å². The minimum atomic E-state index is 0.0441. The van der Waals surface area contributed by atoms with E-state index in [0.29, 0.717) is 50.0 Å². The topological polar surface area (TPSA) is 66.7 Å². The van der Waals surface area contributed by atoms with Gasteiger partial charge < -0.3 is 14.3 Å². The van der Waals surface area contributed by atoms with Gasteiger partial charge in [-0.15, -0.1) is 0 Å². The molecule has 0 aromatic carbocycles. The molecule has 0 saturated carbocycles. The Hall–Kier alpha value is -1.85. The Morgan fingerprint density at radius 1 is 1.18 bits per heavy atom. The molecule has 1 aromatic rings. The quantitative estimate of drug-likeness (QED) is 0.829. The lowest BCUT2D eigenvalue weighted by Gasteiger charge is -2.35. The Labute approximate surface area is 131 Å². The summed E-state index contributed by atoms with van der Waals surface area (Å²) in [5.74, 6) is 1.50. The van der Waals surface area contributed by atoms with E-state index in [9.17, 15) is 9.59 Å². The molecule has 0 aliphatic carbocycles. The van der Waals surface area contributed by atoms with Gasteiger partial charge in [0, 0.05) is 38.7 Å². The molecule has 0 atom stereocenters. The summed E-state index contributed by atoms with van der Waals surface area (Å²) in [7, 11) is 0. The largest absolute Gasteiger partial charge is 0.361 e. The van der Waals surface area contributed by atoms with E-state index in [-0.39, 0.29) is 18.2 Å². The highest BCUT2D eigenvalue weighted by molar-refractivity contribution is 5.79. The average molecular weight is 307 g/mol. The van der Waals surface area contributed by atoms with Crippen molar-refractivity contribution in [3.63, 3.8) is 0 Å². The standard InChI is InChI=1S/C16H25N3O3/c1-12(2)4-5-15(20)18-6-8-19(9-7-18)16(21)11-14-10-13(3)22-17-14/h10,12H,4-9,11H2,1-3H3. The molecule has 0 bridgehead atoms. The van der Waals surface area contributed by atoms with Gasteiger partial charge in [-0.05, 0) is 19.3 Å². The van der Waals surface area contributed by atoms with E-state index >= 15 is 0 Å². The van der Waals surface area contributed by atoms with Crippen molar-refractivity contribution in [2.24, 2.45) is 5.92 Å². The molecule has 1 aliphatic rings. The third-order valence-electron chi connectivity index (χ3n) is 3.93. The highest BCUT2D eigenvalue weighted by Gasteiger charge is 2.24. The van der Waals surface area contributed by atoms with Crippen LogP contribution in [0.4, 0.5) is 0 Å². The zero-order valence-corrected chi connectivity index (χ0v) is 13.7. The molecule has 1 aliphatic heterocycles. The molecule has 0 unspecified atom stereocenters. The van der Waals surface area contributed by atoms with E-state index in [1.54, 1.807) is 11.0 Å². The maximum Gasteiger partial charge on any atom is 0.228 e. The number of hydrogen-bond acceptors (Lipinski definition) is 4. The van der Waals surface area contributed by atoms with Gasteiger partial charge in [0.05, 0.1) is 12.1 Å². The van der Waals surface area contributed by atoms with E-state index in [1.807, 2.05) is 11.8 Å². The van der Waals surface area contributed by atoms with Crippen LogP contribution in [-0.4, -0.2) is 52.9 Å². The van der Waals surface area contributed by atoms with Crippen LogP contribution in [0.3, 0.4) is 0 Å². The molecule has 0 radical (unpaired) electrons. The van der Waals surface area contributed by atoms with Crippen molar-refractivity contribution in [3.05, 3.63) is 17.5 Å². The number of hydrogen-bond donors (Lipinski definition) is 0. The maximum absolute atomic E-state index is 12.2. The highest BCUT2D eigenvalue weighted by atomic mass is 16.5. The number of carbonyl (C=O) groups excluding carboxylic acids is 2. The maximum atomic E-state index is 12.2. The lowest BCUT2D eigenvalue weighted by molar-refractivity contribution is -0.139. The summed E-state index contributed by atoms with van der Waals surface area (Å²) in [6.45, 7) is 8.50. The number of aromatic nitrogens is 1. The summed E-state index contributed by atoms with van der Waals surface area (Å²) >= 11 is 0. The summed E-state index contributed by atoms with van der Waals surface area (Å²) in [6, 6.07) is 1.78. The Bertz CT molecular complexity index is 516. The Balaban J connectivity index is 1.76. The van der Waals surface area contributed by atoms with Crippen LogP contribution in [0.1, 0.15) is 38.1 Å². The number of rotatable bonds is 5. The number of nitrogens with zero attached hydrogens (tertiary/aromatic N) is 3. The van der Waals surface area contributed by atoms with E-state index in [0.717, 1.165) is 6.42 Å². The van der Waals surface area contributed by atoms with E-state index in [1.165, 1.54) is 0 Å². The zero-order chi connectivity index (χ0) is 16.1. The van der Waals surface area contributed by atoms with Gasteiger partial charge in [-0.25, -0.2) is 0 Å². The second-order valence-corrected chi connectivity index (χ2v) is 6.30. The van der Waals surface area contributed by atoms with E-state index in [4.69, 9.17) is 4.52 Å². The summed E-state index contributed by atoms with van der Waals surface area (Å²) in [5, 5.41) is 3.85. The van der Waals surface area contributed by atoms with Gasteiger partial charge in [-0.1, -0.05) is 19.0 Å². The third-order valence-corrected chi connectivity index (χ3v) is 3.93. The van der Waals surface area contributed by atoms with Crippen molar-refractivity contribution < 1.29 is 14.1 Å². The molecule has 1 aromatic heterocycles. The summed E-state index contributed by atoms with van der Waals surface area (Å²) in [4.78, 5) is 28.0. The fourth-order valence-corrected chi connectivity index (χ4v) is 2.54. The van der Waals surface area contributed by atoms with Crippen molar-refractivity contribution in [1.82, 2.24) is 15.0 Å². The number of carbonyl (C=O) groups is 2. The lowest BCUT2D eigenvalue weighted by Crippen LogP contribution is -2.51. The first kappa shape index (κ1) is 16.5. The van der Waals surface area contributed by atoms with Crippen LogP contribution in [0.15, 0.2) is 10.6 Å². The molecule has 0 N–H and O–H groups in total. The van der Waals surface area contributed by atoms with Crippen molar-refractivity contribution in [1.29, 1.82) is 0 Å². The van der Waals surface area contributed by atoms with Gasteiger partial charge in [0.15, 0.2) is 0 Å². The van der Waals surface area contributed by atoms with Crippen molar-refractivity contribution in [2.75, 3.05) is 26.2 Å². The van der Waals surface area contributed by atoms with Crippen molar-refractivity contribution in [2.45, 2.75) is 40.0 Å². The van der Waals surface area contributed by atoms with E-state index in [2.05, 4.69) is 19.0 Å². The summed E-state index contributed by atoms with van der Waals surface area (Å²) in [6.07, 6.45) is 1.78. The molecular formula is C16H25N3O3. The molecule has 6 heteroatoms. The first-order valence-corrected chi connectivity index (χ1v) is 7.93. The lowest BCUT2D eigenvalue weighted by atomic mass is 10.1. The minimum Gasteiger partial charge on any atom is -0.361 e. The van der Waals surface area contributed by atoms with Crippen LogP contribution in [0.5, 0.6) is 0 Å². The van der Waals surface area contributed by atoms with Crippen LogP contribution >= 0.6 is 0 Å². The molecule has 2 heterocycles. The first-order chi connectivity index (χ1) is 10.5. The number of aryl methyl sites for hydroxylation is 1. The van der Waals surface area contributed by atoms with Crippen molar-refractivity contribution in [3.8, 4) is 0 Å². The molecule has 122 valence electrons. The fraction of sp³-hybridized carbons (Fsp3) is 0.688. The summed E-state index contributed by atoms with van der Waals surface area (Å²) < 4.78 is 4.97. The average Bonchev–Trinajstić information content (AvgIpc) is 2.90.